The van der Waals surface area contributed by atoms with Crippen molar-refractivity contribution in [2.45, 2.75) is 26.7 Å². The molecule has 0 aromatic carbocycles. The first-order valence-corrected chi connectivity index (χ1v) is 11.0. The van der Waals surface area contributed by atoms with Gasteiger partial charge >= 0.3 is 0 Å². The molecule has 0 spiro atoms. The van der Waals surface area contributed by atoms with Gasteiger partial charge < -0.3 is 0 Å². The van der Waals surface area contributed by atoms with Crippen molar-refractivity contribution in [1.29, 1.82) is 0 Å². The number of rotatable bonds is 6. The number of aryl methyl sites for hydroxylation is 1. The Labute approximate surface area is 182 Å². The molecule has 2 aromatic heterocycles. The van der Waals surface area contributed by atoms with Gasteiger partial charge in [-0.15, -0.1) is 22.7 Å². The molecule has 0 saturated carbocycles. The molecule has 0 atom stereocenters. The minimum absolute atomic E-state index is 0.0203. The number of carbonyl (C=O) groups is 1. The Morgan fingerprint density at radius 2 is 2.17 bits per heavy atom. The van der Waals surface area contributed by atoms with E-state index in [0.29, 0.717) is 5.57 Å². The molecule has 0 saturated heterocycles. The van der Waals surface area contributed by atoms with Crippen molar-refractivity contribution in [3.8, 4) is 9.88 Å². The van der Waals surface area contributed by atoms with Crippen molar-refractivity contribution in [2.24, 2.45) is 4.99 Å². The first-order valence-electron chi connectivity index (χ1n) is 9.26. The number of aliphatic imine (C=N–C) groups is 1. The molecule has 156 valence electrons. The molecule has 0 N–H and O–H groups in total. The van der Waals surface area contributed by atoms with Crippen LogP contribution in [0.4, 0.5) is 8.78 Å². The Morgan fingerprint density at radius 1 is 1.40 bits per heavy atom. The summed E-state index contributed by atoms with van der Waals surface area (Å²) in [7, 11) is 1.44. The van der Waals surface area contributed by atoms with Gasteiger partial charge in [0, 0.05) is 36.1 Å². The van der Waals surface area contributed by atoms with Crippen LogP contribution >= 0.6 is 22.7 Å². The molecule has 0 radical (unpaired) electrons. The second-order valence-electron chi connectivity index (χ2n) is 6.58. The van der Waals surface area contributed by atoms with Crippen molar-refractivity contribution in [3.05, 3.63) is 69.9 Å². The highest BCUT2D eigenvalue weighted by molar-refractivity contribution is 7.21. The number of hydrogen-bond donors (Lipinski definition) is 0. The second-order valence-corrected chi connectivity index (χ2v) is 8.73. The molecule has 1 aliphatic rings. The minimum Gasteiger partial charge on any atom is -0.296 e. The topological polar surface area (TPSA) is 45.6 Å². The molecule has 1 aliphatic carbocycles. The smallest absolute Gasteiger partial charge is 0.264 e. The number of likely N-dealkylation sites (N-methyl/N-ethyl adjacent to an activating group) is 1. The molecule has 30 heavy (non-hydrogen) atoms. The SMILES string of the molecule is C=C(C=NC(=CC)N(C)C(=O)C1=C(F)CCC=C1F)c1cc(-c2nccs2)sc1C. The van der Waals surface area contributed by atoms with Crippen LogP contribution in [0.5, 0.6) is 0 Å². The number of hydrogen-bond acceptors (Lipinski definition) is 5. The number of amides is 1. The van der Waals surface area contributed by atoms with Crippen LogP contribution in [0.2, 0.25) is 0 Å². The van der Waals surface area contributed by atoms with Crippen molar-refractivity contribution in [1.82, 2.24) is 9.88 Å². The summed E-state index contributed by atoms with van der Waals surface area (Å²) in [5.74, 6) is -2.07. The number of nitrogens with zero attached hydrogens (tertiary/aromatic N) is 3. The molecule has 0 unspecified atom stereocenters. The van der Waals surface area contributed by atoms with Crippen molar-refractivity contribution in [2.75, 3.05) is 7.05 Å². The van der Waals surface area contributed by atoms with E-state index < -0.39 is 23.1 Å². The third kappa shape index (κ3) is 4.55. The summed E-state index contributed by atoms with van der Waals surface area (Å²) >= 11 is 3.19. The van der Waals surface area contributed by atoms with Crippen LogP contribution in [-0.4, -0.2) is 29.1 Å². The third-order valence-corrected chi connectivity index (χ3v) is 6.57. The summed E-state index contributed by atoms with van der Waals surface area (Å²) < 4.78 is 28.1. The van der Waals surface area contributed by atoms with E-state index in [4.69, 9.17) is 0 Å². The standard InChI is InChI=1S/C22H21F2N3OS2/c1-5-19(27(4)22(28)20-16(23)7-6-8-17(20)24)26-12-13(2)15-11-18(30-14(15)3)21-25-9-10-29-21/h5,7,9-12H,2,6,8H2,1,3-4H3. The van der Waals surface area contributed by atoms with Crippen molar-refractivity contribution >= 4 is 40.4 Å². The van der Waals surface area contributed by atoms with Gasteiger partial charge in [0.15, 0.2) is 0 Å². The second kappa shape index (κ2) is 9.40. The molecular weight excluding hydrogens is 424 g/mol. The lowest BCUT2D eigenvalue weighted by molar-refractivity contribution is -0.124. The van der Waals surface area contributed by atoms with Crippen LogP contribution in [0, 0.1) is 6.92 Å². The first-order chi connectivity index (χ1) is 14.3. The monoisotopic (exact) mass is 445 g/mol. The van der Waals surface area contributed by atoms with Crippen LogP contribution in [-0.2, 0) is 4.79 Å². The molecule has 1 amide bonds. The van der Waals surface area contributed by atoms with Gasteiger partial charge in [0.25, 0.3) is 5.91 Å². The number of allylic oxidation sites excluding steroid dienone is 4. The maximum Gasteiger partial charge on any atom is 0.264 e. The number of carbonyl (C=O) groups excluding carboxylic acids is 1. The van der Waals surface area contributed by atoms with E-state index in [2.05, 4.69) is 16.6 Å². The largest absolute Gasteiger partial charge is 0.296 e. The van der Waals surface area contributed by atoms with E-state index in [1.54, 1.807) is 48.1 Å². The van der Waals surface area contributed by atoms with E-state index in [9.17, 15) is 13.6 Å². The van der Waals surface area contributed by atoms with Crippen LogP contribution in [0.3, 0.4) is 0 Å². The van der Waals surface area contributed by atoms with Crippen LogP contribution in [0.25, 0.3) is 15.5 Å². The average Bonchev–Trinajstić information content (AvgIpc) is 3.37. The average molecular weight is 446 g/mol. The Kier molecular flexibility index (Phi) is 6.89. The van der Waals surface area contributed by atoms with Gasteiger partial charge in [-0.3, -0.25) is 9.69 Å². The van der Waals surface area contributed by atoms with Gasteiger partial charge in [-0.1, -0.05) is 6.58 Å². The fourth-order valence-corrected chi connectivity index (χ4v) is 4.76. The Morgan fingerprint density at radius 3 is 2.80 bits per heavy atom. The lowest BCUT2D eigenvalue weighted by atomic mass is 10.0. The van der Waals surface area contributed by atoms with Gasteiger partial charge in [-0.05, 0) is 49.6 Å². The molecule has 0 fully saturated rings. The predicted molar refractivity (Wildman–Crippen MR) is 121 cm³/mol. The normalized spacial score (nSPS) is 15.0. The fourth-order valence-electron chi connectivity index (χ4n) is 2.99. The maximum atomic E-state index is 14.1. The highest BCUT2D eigenvalue weighted by Crippen LogP contribution is 2.35. The number of aromatic nitrogens is 1. The van der Waals surface area contributed by atoms with Crippen LogP contribution in [0.15, 0.2) is 64.4 Å². The first kappa shape index (κ1) is 22.0. The van der Waals surface area contributed by atoms with Gasteiger partial charge in [-0.2, -0.15) is 0 Å². The number of thiazole rings is 1. The highest BCUT2D eigenvalue weighted by atomic mass is 32.1. The lowest BCUT2D eigenvalue weighted by Crippen LogP contribution is -2.28. The van der Waals surface area contributed by atoms with Gasteiger partial charge in [0.05, 0.1) is 4.88 Å². The van der Waals surface area contributed by atoms with Crippen molar-refractivity contribution in [3.63, 3.8) is 0 Å². The zero-order valence-corrected chi connectivity index (χ0v) is 18.5. The summed E-state index contributed by atoms with van der Waals surface area (Å²) in [5.41, 5.74) is 1.08. The lowest BCUT2D eigenvalue weighted by Gasteiger charge is -2.20. The molecule has 0 aliphatic heterocycles. The molecule has 0 bridgehead atoms. The number of thiophene rings is 1. The summed E-state index contributed by atoms with van der Waals surface area (Å²) in [6, 6.07) is 2.01. The molecule has 8 heteroatoms. The number of halogens is 2. The molecular formula is C22H21F2N3OS2. The van der Waals surface area contributed by atoms with E-state index >= 15 is 0 Å². The van der Waals surface area contributed by atoms with E-state index in [1.165, 1.54) is 13.1 Å². The highest BCUT2D eigenvalue weighted by Gasteiger charge is 2.27. The predicted octanol–water partition coefficient (Wildman–Crippen LogP) is 6.45. The molecule has 2 heterocycles. The summed E-state index contributed by atoms with van der Waals surface area (Å²) in [4.78, 5) is 24.6. The third-order valence-electron chi connectivity index (χ3n) is 4.58. The van der Waals surface area contributed by atoms with E-state index in [-0.39, 0.29) is 18.7 Å². The van der Waals surface area contributed by atoms with Gasteiger partial charge in [-0.25, -0.2) is 18.8 Å². The minimum atomic E-state index is -0.831. The van der Waals surface area contributed by atoms with Crippen LogP contribution in [0.1, 0.15) is 30.2 Å². The summed E-state index contributed by atoms with van der Waals surface area (Å²) in [6.07, 6.45) is 6.41. The molecule has 4 nitrogen and oxygen atoms in total. The quantitative estimate of drug-likeness (QED) is 0.479. The van der Waals surface area contributed by atoms with E-state index in [0.717, 1.165) is 25.2 Å². The maximum absolute atomic E-state index is 14.1. The summed E-state index contributed by atoms with van der Waals surface area (Å²) in [5, 5.41) is 2.87. The van der Waals surface area contributed by atoms with Gasteiger partial charge in [0.1, 0.15) is 28.1 Å². The zero-order chi connectivity index (χ0) is 21.8. The molecule has 3 rings (SSSR count). The van der Waals surface area contributed by atoms with Gasteiger partial charge in [0.2, 0.25) is 0 Å². The Balaban J connectivity index is 1.78. The summed E-state index contributed by atoms with van der Waals surface area (Å²) in [6.45, 7) is 7.77. The molecule has 2 aromatic rings. The Hall–Kier alpha value is -2.71. The van der Waals surface area contributed by atoms with Crippen molar-refractivity contribution < 1.29 is 13.6 Å². The Bertz CT molecular complexity index is 1090. The zero-order valence-electron chi connectivity index (χ0n) is 16.9. The van der Waals surface area contributed by atoms with Crippen LogP contribution < -0.4 is 0 Å². The van der Waals surface area contributed by atoms with E-state index in [1.807, 2.05) is 18.4 Å². The fraction of sp³-hybridized carbons (Fsp3) is 0.227.